The number of hydrogen-bond donors (Lipinski definition) is 2. The van der Waals surface area contributed by atoms with Gasteiger partial charge < -0.3 is 11.1 Å². The Labute approximate surface area is 182 Å². The Morgan fingerprint density at radius 1 is 0.862 bits per heavy atom. The Bertz CT molecular complexity index is 1160. The first-order valence-electron chi connectivity index (χ1n) is 9.28. The Hall–Kier alpha value is -2.93. The van der Waals surface area contributed by atoms with Crippen molar-refractivity contribution >= 4 is 56.0 Å². The standard InChI is InChI=1S/C24H19IN2O2/c25-18-11-9-15(10-12-18)13-21(23(26)28)27-24(29)22-19-7-3-1-5-16(19)14-17-6-2-4-8-20(17)22/h1-12,14,21H,13H2,(H2,26,28)(H,27,29)/t21-/m0/s1. The van der Waals surface area contributed by atoms with Crippen LogP contribution in [-0.2, 0) is 11.2 Å². The van der Waals surface area contributed by atoms with E-state index >= 15 is 0 Å². The van der Waals surface area contributed by atoms with Crippen molar-refractivity contribution in [1.82, 2.24) is 5.32 Å². The van der Waals surface area contributed by atoms with Crippen LogP contribution in [0.2, 0.25) is 0 Å². The highest BCUT2D eigenvalue weighted by atomic mass is 127. The van der Waals surface area contributed by atoms with Gasteiger partial charge in [0, 0.05) is 9.99 Å². The Kier molecular flexibility index (Phi) is 5.49. The number of carbonyl (C=O) groups excluding carboxylic acids is 2. The number of benzene rings is 4. The lowest BCUT2D eigenvalue weighted by Gasteiger charge is -2.18. The topological polar surface area (TPSA) is 72.2 Å². The molecule has 0 radical (unpaired) electrons. The van der Waals surface area contributed by atoms with E-state index in [9.17, 15) is 9.59 Å². The van der Waals surface area contributed by atoms with E-state index in [0.29, 0.717) is 12.0 Å². The molecule has 1 atom stereocenters. The SMILES string of the molecule is NC(=O)[C@H](Cc1ccc(I)cc1)NC(=O)c1c2ccccc2cc2ccccc12. The van der Waals surface area contributed by atoms with Crippen molar-refractivity contribution in [2.24, 2.45) is 5.73 Å². The van der Waals surface area contributed by atoms with Crippen LogP contribution in [0.3, 0.4) is 0 Å². The summed E-state index contributed by atoms with van der Waals surface area (Å²) in [5.41, 5.74) is 7.12. The number of carbonyl (C=O) groups is 2. The van der Waals surface area contributed by atoms with Crippen molar-refractivity contribution in [1.29, 1.82) is 0 Å². The molecule has 0 fully saturated rings. The number of hydrogen-bond acceptors (Lipinski definition) is 2. The van der Waals surface area contributed by atoms with Crippen LogP contribution in [0.1, 0.15) is 15.9 Å². The van der Waals surface area contributed by atoms with E-state index in [1.54, 1.807) is 0 Å². The summed E-state index contributed by atoms with van der Waals surface area (Å²) in [5.74, 6) is -0.853. The smallest absolute Gasteiger partial charge is 0.253 e. The summed E-state index contributed by atoms with van der Waals surface area (Å²) >= 11 is 2.23. The average Bonchev–Trinajstić information content (AvgIpc) is 2.72. The van der Waals surface area contributed by atoms with Gasteiger partial charge in [-0.1, -0.05) is 60.7 Å². The molecule has 0 unspecified atom stereocenters. The van der Waals surface area contributed by atoms with Gasteiger partial charge in [-0.25, -0.2) is 0 Å². The fraction of sp³-hybridized carbons (Fsp3) is 0.0833. The second kappa shape index (κ2) is 8.21. The van der Waals surface area contributed by atoms with Gasteiger partial charge in [-0.3, -0.25) is 9.59 Å². The minimum absolute atomic E-state index is 0.299. The summed E-state index contributed by atoms with van der Waals surface area (Å²) in [6.45, 7) is 0. The van der Waals surface area contributed by atoms with Gasteiger partial charge in [0.2, 0.25) is 5.91 Å². The van der Waals surface area contributed by atoms with Crippen LogP contribution in [0.25, 0.3) is 21.5 Å². The predicted molar refractivity (Wildman–Crippen MR) is 125 cm³/mol. The molecule has 0 aliphatic rings. The summed E-state index contributed by atoms with van der Waals surface area (Å²) in [6.07, 6.45) is 0.348. The molecule has 0 heterocycles. The molecule has 4 rings (SSSR count). The normalized spacial score (nSPS) is 12.0. The molecule has 4 aromatic carbocycles. The van der Waals surface area contributed by atoms with Crippen molar-refractivity contribution in [2.45, 2.75) is 12.5 Å². The van der Waals surface area contributed by atoms with Crippen molar-refractivity contribution in [3.8, 4) is 0 Å². The van der Waals surface area contributed by atoms with E-state index in [1.165, 1.54) is 0 Å². The van der Waals surface area contributed by atoms with Crippen molar-refractivity contribution in [3.05, 3.63) is 93.6 Å². The van der Waals surface area contributed by atoms with Gasteiger partial charge in [0.05, 0.1) is 5.56 Å². The van der Waals surface area contributed by atoms with Crippen LogP contribution in [0.15, 0.2) is 78.9 Å². The second-order valence-corrected chi connectivity index (χ2v) is 8.20. The fourth-order valence-electron chi connectivity index (χ4n) is 3.57. The first kappa shape index (κ1) is 19.4. The number of nitrogens with one attached hydrogen (secondary N) is 1. The summed E-state index contributed by atoms with van der Waals surface area (Å²) in [5, 5.41) is 6.51. The summed E-state index contributed by atoms with van der Waals surface area (Å²) in [7, 11) is 0. The van der Waals surface area contributed by atoms with Gasteiger partial charge in [-0.2, -0.15) is 0 Å². The molecule has 0 saturated heterocycles. The van der Waals surface area contributed by atoms with E-state index in [-0.39, 0.29) is 5.91 Å². The molecule has 144 valence electrons. The predicted octanol–water partition coefficient (Wildman–Crippen LogP) is 4.42. The highest BCUT2D eigenvalue weighted by Crippen LogP contribution is 2.28. The number of rotatable bonds is 5. The zero-order valence-corrected chi connectivity index (χ0v) is 17.7. The summed E-state index contributed by atoms with van der Waals surface area (Å²) in [6, 6.07) is 24.6. The summed E-state index contributed by atoms with van der Waals surface area (Å²) < 4.78 is 1.10. The number of halogens is 1. The molecule has 0 aliphatic carbocycles. The Balaban J connectivity index is 1.73. The van der Waals surface area contributed by atoms with E-state index < -0.39 is 11.9 Å². The first-order valence-corrected chi connectivity index (χ1v) is 10.4. The van der Waals surface area contributed by atoms with Crippen LogP contribution in [0, 0.1) is 3.57 Å². The largest absolute Gasteiger partial charge is 0.368 e. The third kappa shape index (κ3) is 4.10. The van der Waals surface area contributed by atoms with Crippen molar-refractivity contribution in [3.63, 3.8) is 0 Å². The number of amides is 2. The second-order valence-electron chi connectivity index (χ2n) is 6.95. The molecule has 4 nitrogen and oxygen atoms in total. The molecule has 5 heteroatoms. The molecule has 4 aromatic rings. The van der Waals surface area contributed by atoms with E-state index in [2.05, 4.69) is 34.0 Å². The molecule has 0 saturated carbocycles. The highest BCUT2D eigenvalue weighted by molar-refractivity contribution is 14.1. The summed E-state index contributed by atoms with van der Waals surface area (Å²) in [4.78, 5) is 25.4. The third-order valence-corrected chi connectivity index (χ3v) is 5.72. The lowest BCUT2D eigenvalue weighted by Crippen LogP contribution is -2.46. The minimum atomic E-state index is -0.791. The number of fused-ring (bicyclic) bond motifs is 2. The lowest BCUT2D eigenvalue weighted by atomic mass is 9.95. The molecule has 3 N–H and O–H groups in total. The average molecular weight is 494 g/mol. The van der Waals surface area contributed by atoms with Gasteiger partial charge in [-0.15, -0.1) is 0 Å². The fourth-order valence-corrected chi connectivity index (χ4v) is 3.93. The quantitative estimate of drug-likeness (QED) is 0.319. The third-order valence-electron chi connectivity index (χ3n) is 5.00. The van der Waals surface area contributed by atoms with Gasteiger partial charge in [0.25, 0.3) is 5.91 Å². The molecule has 2 amide bonds. The monoisotopic (exact) mass is 494 g/mol. The zero-order chi connectivity index (χ0) is 20.4. The van der Waals surface area contributed by atoms with Crippen LogP contribution in [0.5, 0.6) is 0 Å². The lowest BCUT2D eigenvalue weighted by molar-refractivity contribution is -0.119. The molecule has 0 bridgehead atoms. The Morgan fingerprint density at radius 3 is 1.97 bits per heavy atom. The molecule has 29 heavy (non-hydrogen) atoms. The van der Waals surface area contributed by atoms with E-state index in [1.807, 2.05) is 72.8 Å². The maximum atomic E-state index is 13.3. The van der Waals surface area contributed by atoms with Crippen molar-refractivity contribution in [2.75, 3.05) is 0 Å². The van der Waals surface area contributed by atoms with Crippen LogP contribution >= 0.6 is 22.6 Å². The maximum absolute atomic E-state index is 13.3. The molecule has 0 aromatic heterocycles. The van der Waals surface area contributed by atoms with Crippen molar-refractivity contribution < 1.29 is 9.59 Å². The minimum Gasteiger partial charge on any atom is -0.368 e. The zero-order valence-electron chi connectivity index (χ0n) is 15.6. The number of primary amides is 1. The van der Waals surface area contributed by atoms with E-state index in [4.69, 9.17) is 5.73 Å². The van der Waals surface area contributed by atoms with Crippen LogP contribution in [-0.4, -0.2) is 17.9 Å². The van der Waals surface area contributed by atoms with Gasteiger partial charge in [0.1, 0.15) is 6.04 Å². The van der Waals surface area contributed by atoms with Crippen LogP contribution < -0.4 is 11.1 Å². The molecular formula is C24H19IN2O2. The van der Waals surface area contributed by atoms with Gasteiger partial charge in [0.15, 0.2) is 0 Å². The van der Waals surface area contributed by atoms with Crippen LogP contribution in [0.4, 0.5) is 0 Å². The highest BCUT2D eigenvalue weighted by Gasteiger charge is 2.22. The van der Waals surface area contributed by atoms with Gasteiger partial charge >= 0.3 is 0 Å². The maximum Gasteiger partial charge on any atom is 0.253 e. The molecular weight excluding hydrogens is 475 g/mol. The first-order chi connectivity index (χ1) is 14.0. The number of nitrogens with two attached hydrogens (primary N) is 1. The Morgan fingerprint density at radius 2 is 1.41 bits per heavy atom. The van der Waals surface area contributed by atoms with Gasteiger partial charge in [-0.05, 0) is 67.9 Å². The molecule has 0 spiro atoms. The molecule has 0 aliphatic heterocycles. The van der Waals surface area contributed by atoms with E-state index in [0.717, 1.165) is 30.7 Å².